The van der Waals surface area contributed by atoms with Crippen LogP contribution in [0.2, 0.25) is 0 Å². The summed E-state index contributed by atoms with van der Waals surface area (Å²) < 4.78 is 35.0. The Morgan fingerprint density at radius 1 is 1.15 bits per heavy atom. The average molecular weight is 472 g/mol. The molecular weight excluding hydrogens is 442 g/mol. The first-order valence-corrected chi connectivity index (χ1v) is 12.9. The van der Waals surface area contributed by atoms with Gasteiger partial charge in [0.05, 0.1) is 11.4 Å². The Labute approximate surface area is 194 Å². The first-order chi connectivity index (χ1) is 15.7. The summed E-state index contributed by atoms with van der Waals surface area (Å²) in [6, 6.07) is 10.3. The summed E-state index contributed by atoms with van der Waals surface area (Å²) in [5.74, 6) is 1.40. The molecule has 0 bridgehead atoms. The van der Waals surface area contributed by atoms with Gasteiger partial charge >= 0.3 is 0 Å². The fourth-order valence-electron chi connectivity index (χ4n) is 5.52. The molecule has 1 atom stereocenters. The van der Waals surface area contributed by atoms with Gasteiger partial charge < -0.3 is 14.8 Å². The number of fused-ring (bicyclic) bond motifs is 3. The molecule has 0 radical (unpaired) electrons. The number of carbonyl (C=O) groups is 1. The highest BCUT2D eigenvalue weighted by atomic mass is 32.2. The minimum Gasteiger partial charge on any atom is -0.486 e. The lowest BCUT2D eigenvalue weighted by molar-refractivity contribution is -0.118. The maximum absolute atomic E-state index is 13.0. The van der Waals surface area contributed by atoms with Crippen LogP contribution >= 0.6 is 0 Å². The van der Waals surface area contributed by atoms with E-state index >= 15 is 0 Å². The van der Waals surface area contributed by atoms with Crippen LogP contribution in [0, 0.1) is 0 Å². The first-order valence-electron chi connectivity index (χ1n) is 11.4. The highest BCUT2D eigenvalue weighted by Crippen LogP contribution is 2.51. The van der Waals surface area contributed by atoms with Crippen molar-refractivity contribution in [3.63, 3.8) is 0 Å². The minimum atomic E-state index is -3.84. The van der Waals surface area contributed by atoms with Crippen molar-refractivity contribution in [3.05, 3.63) is 47.5 Å². The molecule has 9 heteroatoms. The number of hydrogen-bond acceptors (Lipinski definition) is 6. The highest BCUT2D eigenvalue weighted by Gasteiger charge is 2.45. The van der Waals surface area contributed by atoms with E-state index in [9.17, 15) is 13.2 Å². The van der Waals surface area contributed by atoms with Gasteiger partial charge in [0.2, 0.25) is 15.9 Å². The number of amides is 1. The molecule has 0 unspecified atom stereocenters. The lowest BCUT2D eigenvalue weighted by Gasteiger charge is -2.46. The predicted octanol–water partition coefficient (Wildman–Crippen LogP) is 2.93. The lowest BCUT2D eigenvalue weighted by atomic mass is 9.71. The Kier molecular flexibility index (Phi) is 5.58. The van der Waals surface area contributed by atoms with Gasteiger partial charge in [0.15, 0.2) is 11.5 Å². The zero-order valence-electron chi connectivity index (χ0n) is 18.7. The number of carbonyl (C=O) groups excluding carboxylic acids is 1. The Bertz CT molecular complexity index is 1190. The minimum absolute atomic E-state index is 0.00546. The van der Waals surface area contributed by atoms with Gasteiger partial charge in [-0.25, -0.2) is 13.6 Å². The molecule has 1 saturated carbocycles. The fourth-order valence-corrected chi connectivity index (χ4v) is 6.08. The molecule has 2 heterocycles. The number of nitrogens with two attached hydrogens (primary N) is 1. The topological polar surface area (TPSA) is 111 Å². The van der Waals surface area contributed by atoms with Gasteiger partial charge in [-0.2, -0.15) is 0 Å². The molecule has 33 heavy (non-hydrogen) atoms. The Hall–Kier alpha value is -2.62. The summed E-state index contributed by atoms with van der Waals surface area (Å²) in [5.41, 5.74) is 2.93. The molecule has 3 N–H and O–H groups in total. The van der Waals surface area contributed by atoms with Crippen LogP contribution in [0.5, 0.6) is 11.5 Å². The standard InChI is InChI=1S/C24H29N3O5S/c1-16-19-12-21-22(32-10-9-31-21)13-20(19)24(7-2-3-8-24)15-27(16)14-23(28)26-17-5-4-6-18(11-17)33(25,29)30/h4-6,11-13,16H,2-3,7-10,14-15H2,1H3,(H,26,28)(H2,25,29,30)/t16-/m0/s1. The molecule has 0 saturated heterocycles. The molecule has 1 amide bonds. The van der Waals surface area contributed by atoms with E-state index in [2.05, 4.69) is 29.3 Å². The van der Waals surface area contributed by atoms with Crippen LogP contribution in [0.1, 0.15) is 49.8 Å². The van der Waals surface area contributed by atoms with E-state index in [0.717, 1.165) is 30.9 Å². The molecule has 2 aromatic rings. The van der Waals surface area contributed by atoms with Crippen molar-refractivity contribution in [1.29, 1.82) is 0 Å². The van der Waals surface area contributed by atoms with E-state index in [1.165, 1.54) is 36.1 Å². The Morgan fingerprint density at radius 2 is 1.85 bits per heavy atom. The van der Waals surface area contributed by atoms with Gasteiger partial charge in [0, 0.05) is 23.7 Å². The second-order valence-electron chi connectivity index (χ2n) is 9.27. The molecule has 3 aliphatic rings. The van der Waals surface area contributed by atoms with Gasteiger partial charge in [-0.1, -0.05) is 18.9 Å². The summed E-state index contributed by atoms with van der Waals surface area (Å²) in [6.07, 6.45) is 4.51. The maximum Gasteiger partial charge on any atom is 0.238 e. The Morgan fingerprint density at radius 3 is 2.55 bits per heavy atom. The first kappa shape index (κ1) is 22.2. The van der Waals surface area contributed by atoms with Crippen LogP contribution in [-0.4, -0.2) is 45.5 Å². The van der Waals surface area contributed by atoms with Gasteiger partial charge in [-0.15, -0.1) is 0 Å². The Balaban J connectivity index is 1.40. The van der Waals surface area contributed by atoms with Crippen LogP contribution < -0.4 is 19.9 Å². The van der Waals surface area contributed by atoms with Crippen molar-refractivity contribution in [2.45, 2.75) is 49.0 Å². The number of anilines is 1. The number of sulfonamides is 1. The van der Waals surface area contributed by atoms with E-state index in [0.29, 0.717) is 18.9 Å². The summed E-state index contributed by atoms with van der Waals surface area (Å²) in [4.78, 5) is 15.1. The number of nitrogens with one attached hydrogen (secondary N) is 1. The van der Waals surface area contributed by atoms with Crippen LogP contribution in [0.15, 0.2) is 41.3 Å². The molecule has 1 aliphatic carbocycles. The summed E-state index contributed by atoms with van der Waals surface area (Å²) in [7, 11) is -3.84. The van der Waals surface area contributed by atoms with Crippen LogP contribution in [-0.2, 0) is 20.2 Å². The quantitative estimate of drug-likeness (QED) is 0.709. The van der Waals surface area contributed by atoms with Crippen molar-refractivity contribution >= 4 is 21.6 Å². The van der Waals surface area contributed by atoms with Crippen LogP contribution in [0.25, 0.3) is 0 Å². The number of primary sulfonamides is 1. The summed E-state index contributed by atoms with van der Waals surface area (Å²) in [6.45, 7) is 4.22. The van der Waals surface area contributed by atoms with Crippen LogP contribution in [0.3, 0.4) is 0 Å². The van der Waals surface area contributed by atoms with Gasteiger partial charge in [0.1, 0.15) is 13.2 Å². The van der Waals surface area contributed by atoms with Crippen LogP contribution in [0.4, 0.5) is 5.69 Å². The van der Waals surface area contributed by atoms with Gasteiger partial charge in [0.25, 0.3) is 0 Å². The molecule has 1 spiro atoms. The molecule has 2 aromatic carbocycles. The number of benzene rings is 2. The monoisotopic (exact) mass is 471 g/mol. The van der Waals surface area contributed by atoms with Gasteiger partial charge in [-0.05, 0) is 61.2 Å². The largest absolute Gasteiger partial charge is 0.486 e. The molecule has 1 fully saturated rings. The summed E-state index contributed by atoms with van der Waals surface area (Å²) >= 11 is 0. The van der Waals surface area contributed by atoms with E-state index in [1.54, 1.807) is 12.1 Å². The molecule has 176 valence electrons. The fraction of sp³-hybridized carbons (Fsp3) is 0.458. The van der Waals surface area contributed by atoms with E-state index in [4.69, 9.17) is 14.6 Å². The van der Waals surface area contributed by atoms with Crippen molar-refractivity contribution in [1.82, 2.24) is 4.90 Å². The number of nitrogens with zero attached hydrogens (tertiary/aromatic N) is 1. The molecule has 0 aromatic heterocycles. The predicted molar refractivity (Wildman–Crippen MR) is 124 cm³/mol. The highest BCUT2D eigenvalue weighted by molar-refractivity contribution is 7.89. The molecular formula is C24H29N3O5S. The smallest absolute Gasteiger partial charge is 0.238 e. The third kappa shape index (κ3) is 4.20. The second-order valence-corrected chi connectivity index (χ2v) is 10.8. The van der Waals surface area contributed by atoms with Crippen molar-refractivity contribution in [3.8, 4) is 11.5 Å². The van der Waals surface area contributed by atoms with E-state index < -0.39 is 10.0 Å². The normalized spacial score (nSPS) is 21.6. The molecule has 5 rings (SSSR count). The third-order valence-electron chi connectivity index (χ3n) is 7.14. The van der Waals surface area contributed by atoms with Crippen molar-refractivity contribution < 1.29 is 22.7 Å². The molecule has 2 aliphatic heterocycles. The number of ether oxygens (including phenoxy) is 2. The van der Waals surface area contributed by atoms with E-state index in [1.807, 2.05) is 0 Å². The number of rotatable bonds is 4. The van der Waals surface area contributed by atoms with Crippen molar-refractivity contribution in [2.24, 2.45) is 5.14 Å². The lowest BCUT2D eigenvalue weighted by Crippen LogP contribution is -2.48. The second kappa shape index (κ2) is 8.30. The van der Waals surface area contributed by atoms with E-state index in [-0.39, 0.29) is 28.8 Å². The third-order valence-corrected chi connectivity index (χ3v) is 8.05. The zero-order valence-corrected chi connectivity index (χ0v) is 19.5. The summed E-state index contributed by atoms with van der Waals surface area (Å²) in [5, 5.41) is 8.05. The maximum atomic E-state index is 13.0. The van der Waals surface area contributed by atoms with Crippen molar-refractivity contribution in [2.75, 3.05) is 31.6 Å². The number of hydrogen-bond donors (Lipinski definition) is 2. The average Bonchev–Trinajstić information content (AvgIpc) is 3.25. The molecule has 8 nitrogen and oxygen atoms in total. The van der Waals surface area contributed by atoms with Gasteiger partial charge in [-0.3, -0.25) is 9.69 Å². The SMILES string of the molecule is C[C@H]1c2cc3c(cc2C2(CCCC2)CN1CC(=O)Nc1cccc(S(N)(=O)=O)c1)OCCO3. The zero-order chi connectivity index (χ0) is 23.2.